The van der Waals surface area contributed by atoms with Crippen molar-refractivity contribution in [1.29, 1.82) is 0 Å². The molecular weight excluding hydrogens is 461 g/mol. The highest BCUT2D eigenvalue weighted by molar-refractivity contribution is 6.09. The van der Waals surface area contributed by atoms with Crippen molar-refractivity contribution in [2.45, 2.75) is 12.6 Å². The molecule has 1 amide bonds. The van der Waals surface area contributed by atoms with Gasteiger partial charge in [0.1, 0.15) is 23.8 Å². The minimum Gasteiger partial charge on any atom is -0.489 e. The number of rotatable bonds is 5. The molecule has 1 unspecified atom stereocenters. The molecular formula is C28H18FN3O4. The van der Waals surface area contributed by atoms with Crippen LogP contribution in [0.5, 0.6) is 5.75 Å². The minimum atomic E-state index is -0.859. The third kappa shape index (κ3) is 3.69. The highest BCUT2D eigenvalue weighted by atomic mass is 19.1. The summed E-state index contributed by atoms with van der Waals surface area (Å²) in [6, 6.07) is 21.3. The summed E-state index contributed by atoms with van der Waals surface area (Å²) in [7, 11) is 0. The van der Waals surface area contributed by atoms with Crippen molar-refractivity contribution in [3.63, 3.8) is 0 Å². The van der Waals surface area contributed by atoms with Crippen molar-refractivity contribution < 1.29 is 18.3 Å². The van der Waals surface area contributed by atoms with Gasteiger partial charge in [0.2, 0.25) is 11.7 Å². The van der Waals surface area contributed by atoms with Crippen molar-refractivity contribution in [3.05, 3.63) is 130 Å². The lowest BCUT2D eigenvalue weighted by molar-refractivity contribution is 0.0969. The zero-order valence-corrected chi connectivity index (χ0v) is 18.8. The molecule has 0 radical (unpaired) electrons. The molecule has 0 fully saturated rings. The molecule has 0 aliphatic carbocycles. The zero-order chi connectivity index (χ0) is 24.6. The quantitative estimate of drug-likeness (QED) is 0.351. The second-order valence-electron chi connectivity index (χ2n) is 8.28. The number of benzene rings is 3. The fraction of sp³-hybridized carbons (Fsp3) is 0.0714. The average molecular weight is 479 g/mol. The van der Waals surface area contributed by atoms with Gasteiger partial charge in [-0.1, -0.05) is 42.5 Å². The lowest BCUT2D eigenvalue weighted by atomic mass is 9.98. The number of nitrogens with zero attached hydrogens (tertiary/aromatic N) is 3. The van der Waals surface area contributed by atoms with Crippen molar-refractivity contribution >= 4 is 22.8 Å². The predicted molar refractivity (Wildman–Crippen MR) is 130 cm³/mol. The van der Waals surface area contributed by atoms with Crippen LogP contribution in [0.15, 0.2) is 100 Å². The first-order valence-corrected chi connectivity index (χ1v) is 11.2. The standard InChI is InChI=1S/C28H18FN3O4/c29-19-9-12-22-21(15-19)25(33)23-24(32(27(34)26(23)36-22)28-30-13-4-14-31-28)18-7-10-20(11-8-18)35-16-17-5-2-1-3-6-17/h1-15,24H,16H2. The molecule has 176 valence electrons. The normalized spacial score (nSPS) is 14.8. The van der Waals surface area contributed by atoms with E-state index in [9.17, 15) is 14.0 Å². The SMILES string of the molecule is O=C1c2oc3ccc(F)cc3c(=O)c2C(c2ccc(OCc3ccccc3)cc2)N1c1ncccn1. The Balaban J connectivity index is 1.44. The van der Waals surface area contributed by atoms with Gasteiger partial charge >= 0.3 is 0 Å². The first-order chi connectivity index (χ1) is 17.6. The number of anilines is 1. The van der Waals surface area contributed by atoms with Crippen LogP contribution in [0.1, 0.15) is 33.3 Å². The molecule has 3 aromatic carbocycles. The fourth-order valence-corrected chi connectivity index (χ4v) is 4.37. The Bertz CT molecular complexity index is 1640. The molecule has 1 aliphatic heterocycles. The van der Waals surface area contributed by atoms with E-state index in [4.69, 9.17) is 9.15 Å². The number of ether oxygens (including phenoxy) is 1. The summed E-state index contributed by atoms with van der Waals surface area (Å²) < 4.78 is 25.7. The van der Waals surface area contributed by atoms with E-state index in [-0.39, 0.29) is 28.2 Å². The summed E-state index contributed by atoms with van der Waals surface area (Å²) in [6.45, 7) is 0.399. The van der Waals surface area contributed by atoms with Gasteiger partial charge in [-0.25, -0.2) is 14.4 Å². The van der Waals surface area contributed by atoms with Crippen LogP contribution in [0.2, 0.25) is 0 Å². The molecule has 3 heterocycles. The Morgan fingerprint density at radius 2 is 1.67 bits per heavy atom. The Morgan fingerprint density at radius 3 is 2.42 bits per heavy atom. The van der Waals surface area contributed by atoms with Crippen LogP contribution in [-0.4, -0.2) is 15.9 Å². The van der Waals surface area contributed by atoms with Crippen LogP contribution in [0.3, 0.4) is 0 Å². The Hall–Kier alpha value is -4.85. The molecule has 36 heavy (non-hydrogen) atoms. The largest absolute Gasteiger partial charge is 0.489 e. The summed E-state index contributed by atoms with van der Waals surface area (Å²) in [5, 5.41) is 0.0604. The van der Waals surface area contributed by atoms with Gasteiger partial charge in [0.15, 0.2) is 5.43 Å². The maximum atomic E-state index is 14.0. The van der Waals surface area contributed by atoms with Gasteiger partial charge < -0.3 is 9.15 Å². The van der Waals surface area contributed by atoms with Gasteiger partial charge in [0.25, 0.3) is 5.91 Å². The monoisotopic (exact) mass is 479 g/mol. The van der Waals surface area contributed by atoms with Crippen molar-refractivity contribution in [3.8, 4) is 5.75 Å². The van der Waals surface area contributed by atoms with Crippen molar-refractivity contribution in [2.24, 2.45) is 0 Å². The number of carbonyl (C=O) groups is 1. The second-order valence-corrected chi connectivity index (χ2v) is 8.28. The van der Waals surface area contributed by atoms with Crippen LogP contribution >= 0.6 is 0 Å². The van der Waals surface area contributed by atoms with Crippen LogP contribution in [0.25, 0.3) is 11.0 Å². The van der Waals surface area contributed by atoms with E-state index < -0.39 is 23.2 Å². The van der Waals surface area contributed by atoms with Crippen molar-refractivity contribution in [2.75, 3.05) is 4.90 Å². The molecule has 7 nitrogen and oxygen atoms in total. The molecule has 0 saturated heterocycles. The average Bonchev–Trinajstić information content (AvgIpc) is 3.21. The van der Waals surface area contributed by atoms with Gasteiger partial charge in [-0.2, -0.15) is 0 Å². The van der Waals surface area contributed by atoms with Crippen LogP contribution in [-0.2, 0) is 6.61 Å². The molecule has 5 aromatic rings. The van der Waals surface area contributed by atoms with E-state index in [2.05, 4.69) is 9.97 Å². The van der Waals surface area contributed by atoms with Gasteiger partial charge in [0.05, 0.1) is 17.0 Å². The lowest BCUT2D eigenvalue weighted by Gasteiger charge is -2.23. The third-order valence-corrected chi connectivity index (χ3v) is 6.04. The Labute approximate surface area is 204 Å². The van der Waals surface area contributed by atoms with E-state index >= 15 is 0 Å². The summed E-state index contributed by atoms with van der Waals surface area (Å²) in [4.78, 5) is 36.8. The number of fused-ring (bicyclic) bond motifs is 2. The Kier molecular flexibility index (Phi) is 5.26. The maximum Gasteiger partial charge on any atom is 0.297 e. The fourth-order valence-electron chi connectivity index (χ4n) is 4.37. The zero-order valence-electron chi connectivity index (χ0n) is 18.8. The topological polar surface area (TPSA) is 85.5 Å². The third-order valence-electron chi connectivity index (χ3n) is 6.04. The molecule has 0 bridgehead atoms. The first-order valence-electron chi connectivity index (χ1n) is 11.2. The van der Waals surface area contributed by atoms with Crippen LogP contribution in [0, 0.1) is 5.82 Å². The summed E-state index contributed by atoms with van der Waals surface area (Å²) in [5.41, 5.74) is 1.42. The summed E-state index contributed by atoms with van der Waals surface area (Å²) >= 11 is 0. The molecule has 0 N–H and O–H groups in total. The van der Waals surface area contributed by atoms with Gasteiger partial charge in [0, 0.05) is 12.4 Å². The summed E-state index contributed by atoms with van der Waals surface area (Å²) in [5.74, 6) is -0.478. The number of carbonyl (C=O) groups excluding carboxylic acids is 1. The van der Waals surface area contributed by atoms with Crippen LogP contribution < -0.4 is 15.1 Å². The molecule has 6 rings (SSSR count). The summed E-state index contributed by atoms with van der Waals surface area (Å²) in [6.07, 6.45) is 3.02. The number of amides is 1. The van der Waals surface area contributed by atoms with Gasteiger partial charge in [-0.3, -0.25) is 14.5 Å². The van der Waals surface area contributed by atoms with E-state index in [1.165, 1.54) is 29.4 Å². The van der Waals surface area contributed by atoms with E-state index in [0.29, 0.717) is 17.9 Å². The number of hydrogen-bond acceptors (Lipinski definition) is 6. The predicted octanol–water partition coefficient (Wildman–Crippen LogP) is 5.05. The van der Waals surface area contributed by atoms with Crippen LogP contribution in [0.4, 0.5) is 10.3 Å². The van der Waals surface area contributed by atoms with E-state index in [1.807, 2.05) is 30.3 Å². The molecule has 1 atom stereocenters. The van der Waals surface area contributed by atoms with Gasteiger partial charge in [-0.15, -0.1) is 0 Å². The Morgan fingerprint density at radius 1 is 0.917 bits per heavy atom. The van der Waals surface area contributed by atoms with E-state index in [0.717, 1.165) is 11.6 Å². The van der Waals surface area contributed by atoms with E-state index in [1.54, 1.807) is 30.3 Å². The number of aromatic nitrogens is 2. The minimum absolute atomic E-state index is 0.0604. The lowest BCUT2D eigenvalue weighted by Crippen LogP contribution is -2.31. The second kappa shape index (κ2) is 8.74. The van der Waals surface area contributed by atoms with Crippen molar-refractivity contribution in [1.82, 2.24) is 9.97 Å². The smallest absolute Gasteiger partial charge is 0.297 e. The molecule has 0 spiro atoms. The highest BCUT2D eigenvalue weighted by Crippen LogP contribution is 2.40. The maximum absolute atomic E-state index is 14.0. The number of halogens is 1. The number of hydrogen-bond donors (Lipinski definition) is 0. The molecule has 2 aromatic heterocycles. The first kappa shape index (κ1) is 21.7. The van der Waals surface area contributed by atoms with Gasteiger partial charge in [-0.05, 0) is 47.5 Å². The molecule has 8 heteroatoms. The highest BCUT2D eigenvalue weighted by Gasteiger charge is 2.44. The molecule has 0 saturated carbocycles. The molecule has 1 aliphatic rings.